The molecular formula is C28H29IN2O5S. The maximum Gasteiger partial charge on any atom is 0.338 e. The summed E-state index contributed by atoms with van der Waals surface area (Å²) in [7, 11) is 1.35. The van der Waals surface area contributed by atoms with Gasteiger partial charge < -0.3 is 14.2 Å². The van der Waals surface area contributed by atoms with Crippen molar-refractivity contribution in [1.82, 2.24) is 4.57 Å². The summed E-state index contributed by atoms with van der Waals surface area (Å²) < 4.78 is 20.0. The van der Waals surface area contributed by atoms with Gasteiger partial charge >= 0.3 is 5.97 Å². The Morgan fingerprint density at radius 1 is 1.22 bits per heavy atom. The number of fused-ring (bicyclic) bond motifs is 1. The number of hydrogen-bond donors (Lipinski definition) is 0. The zero-order chi connectivity index (χ0) is 26.7. The van der Waals surface area contributed by atoms with E-state index in [1.54, 1.807) is 4.57 Å². The highest BCUT2D eigenvalue weighted by Gasteiger charge is 2.33. The molecule has 0 amide bonds. The Kier molecular flexibility index (Phi) is 8.53. The summed E-state index contributed by atoms with van der Waals surface area (Å²) in [5, 5.41) is 0. The van der Waals surface area contributed by atoms with Gasteiger partial charge in [-0.3, -0.25) is 9.36 Å². The van der Waals surface area contributed by atoms with Crippen LogP contribution in [0.15, 0.2) is 63.5 Å². The molecule has 0 spiro atoms. The third-order valence-electron chi connectivity index (χ3n) is 5.75. The fourth-order valence-electron chi connectivity index (χ4n) is 4.25. The summed E-state index contributed by atoms with van der Waals surface area (Å²) in [5.74, 6) is 0.835. The molecule has 0 saturated carbocycles. The smallest absolute Gasteiger partial charge is 0.338 e. The molecule has 2 aromatic carbocycles. The molecule has 1 aromatic heterocycles. The fourth-order valence-corrected chi connectivity index (χ4v) is 6.02. The van der Waals surface area contributed by atoms with Crippen molar-refractivity contribution in [3.8, 4) is 11.5 Å². The number of carbonyl (C=O) groups is 1. The highest BCUT2D eigenvalue weighted by Crippen LogP contribution is 2.35. The standard InChI is InChI=1S/C28H29IN2O5S/c1-6-20-23(27(33)34-5)24(18-11-9-8-10-12-18)31-26(32)22(37-28(31)30-20)15-17-13-19(29)25(36-16(3)4)21(14-17)35-7-2/h8-16,24H,6-7H2,1-5H3/b22-15+/t24-/m0/s1. The summed E-state index contributed by atoms with van der Waals surface area (Å²) in [6.45, 7) is 8.29. The Bertz CT molecular complexity index is 1520. The Morgan fingerprint density at radius 3 is 2.57 bits per heavy atom. The van der Waals surface area contributed by atoms with Gasteiger partial charge in [-0.25, -0.2) is 9.79 Å². The van der Waals surface area contributed by atoms with Crippen LogP contribution in [0.5, 0.6) is 11.5 Å². The summed E-state index contributed by atoms with van der Waals surface area (Å²) >= 11 is 3.53. The van der Waals surface area contributed by atoms with E-state index >= 15 is 0 Å². The molecule has 3 aromatic rings. The Balaban J connectivity index is 1.93. The lowest BCUT2D eigenvalue weighted by Crippen LogP contribution is -2.40. The number of ether oxygens (including phenoxy) is 3. The van der Waals surface area contributed by atoms with Crippen LogP contribution in [0.25, 0.3) is 6.08 Å². The Labute approximate surface area is 233 Å². The number of benzene rings is 2. The van der Waals surface area contributed by atoms with E-state index in [1.807, 2.05) is 76.2 Å². The van der Waals surface area contributed by atoms with E-state index in [4.69, 9.17) is 19.2 Å². The minimum atomic E-state index is -0.622. The molecule has 0 unspecified atom stereocenters. The number of nitrogens with zero attached hydrogens (tertiary/aromatic N) is 2. The average molecular weight is 633 g/mol. The molecule has 0 saturated heterocycles. The van der Waals surface area contributed by atoms with E-state index in [9.17, 15) is 9.59 Å². The van der Waals surface area contributed by atoms with Gasteiger partial charge in [0.15, 0.2) is 16.3 Å². The van der Waals surface area contributed by atoms with Crippen LogP contribution in [-0.2, 0) is 9.53 Å². The second-order valence-electron chi connectivity index (χ2n) is 8.63. The minimum Gasteiger partial charge on any atom is -0.490 e. The molecule has 1 atom stereocenters. The van der Waals surface area contributed by atoms with Crippen molar-refractivity contribution >= 4 is 46.0 Å². The van der Waals surface area contributed by atoms with Crippen LogP contribution in [0.4, 0.5) is 0 Å². The lowest BCUT2D eigenvalue weighted by Gasteiger charge is -2.25. The lowest BCUT2D eigenvalue weighted by molar-refractivity contribution is -0.136. The normalized spacial score (nSPS) is 15.4. The van der Waals surface area contributed by atoms with Gasteiger partial charge in [0.2, 0.25) is 0 Å². The summed E-state index contributed by atoms with van der Waals surface area (Å²) in [5.41, 5.74) is 2.42. The quantitative estimate of drug-likeness (QED) is 0.268. The number of carbonyl (C=O) groups excluding carboxylic acids is 1. The SMILES string of the molecule is CCOc1cc(/C=c2/sc3n(c2=O)[C@@H](c2ccccc2)C(C(=O)OC)=C(CC)N=3)cc(I)c1OC(C)C. The number of thiazole rings is 1. The number of methoxy groups -OCH3 is 1. The van der Waals surface area contributed by atoms with Gasteiger partial charge in [0, 0.05) is 0 Å². The first-order chi connectivity index (χ1) is 17.8. The van der Waals surface area contributed by atoms with E-state index in [2.05, 4.69) is 22.6 Å². The van der Waals surface area contributed by atoms with Crippen LogP contribution in [0.1, 0.15) is 51.3 Å². The molecule has 4 rings (SSSR count). The number of allylic oxidation sites excluding steroid dienone is 1. The third kappa shape index (κ3) is 5.52. The van der Waals surface area contributed by atoms with Crippen LogP contribution < -0.4 is 24.4 Å². The fraction of sp³-hybridized carbons (Fsp3) is 0.321. The third-order valence-corrected chi connectivity index (χ3v) is 7.53. The second-order valence-corrected chi connectivity index (χ2v) is 10.8. The van der Waals surface area contributed by atoms with E-state index in [1.165, 1.54) is 18.4 Å². The zero-order valence-electron chi connectivity index (χ0n) is 21.4. The first-order valence-electron chi connectivity index (χ1n) is 12.1. The van der Waals surface area contributed by atoms with Crippen molar-refractivity contribution in [2.75, 3.05) is 13.7 Å². The highest BCUT2D eigenvalue weighted by molar-refractivity contribution is 14.1. The minimum absolute atomic E-state index is 0.00276. The number of rotatable bonds is 8. The summed E-state index contributed by atoms with van der Waals surface area (Å²) in [6, 6.07) is 12.7. The predicted molar refractivity (Wildman–Crippen MR) is 153 cm³/mol. The second kappa shape index (κ2) is 11.6. The molecule has 9 heteroatoms. The predicted octanol–water partition coefficient (Wildman–Crippen LogP) is 4.59. The van der Waals surface area contributed by atoms with Crippen LogP contribution >= 0.6 is 33.9 Å². The van der Waals surface area contributed by atoms with Gasteiger partial charge in [0.1, 0.15) is 0 Å². The molecule has 1 aliphatic heterocycles. The largest absolute Gasteiger partial charge is 0.490 e. The van der Waals surface area contributed by atoms with Gasteiger partial charge in [0.05, 0.1) is 45.2 Å². The zero-order valence-corrected chi connectivity index (χ0v) is 24.4. The molecule has 7 nitrogen and oxygen atoms in total. The number of halogens is 1. The average Bonchev–Trinajstić information content (AvgIpc) is 3.19. The molecular weight excluding hydrogens is 603 g/mol. The Morgan fingerprint density at radius 2 is 1.95 bits per heavy atom. The van der Waals surface area contributed by atoms with Gasteiger partial charge in [-0.15, -0.1) is 0 Å². The topological polar surface area (TPSA) is 79.1 Å². The van der Waals surface area contributed by atoms with Crippen LogP contribution in [-0.4, -0.2) is 30.4 Å². The Hall–Kier alpha value is -2.92. The van der Waals surface area contributed by atoms with Gasteiger partial charge in [-0.05, 0) is 79.1 Å². The van der Waals surface area contributed by atoms with Crippen molar-refractivity contribution in [2.24, 2.45) is 4.99 Å². The van der Waals surface area contributed by atoms with Crippen LogP contribution in [0.3, 0.4) is 0 Å². The van der Waals surface area contributed by atoms with Crippen LogP contribution in [0, 0.1) is 3.57 Å². The molecule has 0 bridgehead atoms. The number of esters is 1. The number of hydrogen-bond acceptors (Lipinski definition) is 7. The maximum absolute atomic E-state index is 13.8. The monoisotopic (exact) mass is 632 g/mol. The molecule has 1 aliphatic rings. The van der Waals surface area contributed by atoms with Gasteiger partial charge in [0.25, 0.3) is 5.56 Å². The summed E-state index contributed by atoms with van der Waals surface area (Å²) in [4.78, 5) is 32.0. The molecule has 0 aliphatic carbocycles. The molecule has 37 heavy (non-hydrogen) atoms. The van der Waals surface area contributed by atoms with Crippen LogP contribution in [0.2, 0.25) is 0 Å². The van der Waals surface area contributed by atoms with Gasteiger partial charge in [-0.2, -0.15) is 0 Å². The van der Waals surface area contributed by atoms with Crippen molar-refractivity contribution < 1.29 is 19.0 Å². The molecule has 0 fully saturated rings. The summed E-state index contributed by atoms with van der Waals surface area (Å²) in [6.07, 6.45) is 2.37. The lowest BCUT2D eigenvalue weighted by atomic mass is 9.95. The first-order valence-corrected chi connectivity index (χ1v) is 14.0. The van der Waals surface area contributed by atoms with Crippen molar-refractivity contribution in [2.45, 2.75) is 46.3 Å². The van der Waals surface area contributed by atoms with E-state index in [-0.39, 0.29) is 11.7 Å². The van der Waals surface area contributed by atoms with E-state index in [0.717, 1.165) is 14.7 Å². The molecule has 2 heterocycles. The van der Waals surface area contributed by atoms with Crippen molar-refractivity contribution in [1.29, 1.82) is 0 Å². The van der Waals surface area contributed by atoms with Crippen molar-refractivity contribution in [3.05, 3.63) is 88.1 Å². The van der Waals surface area contributed by atoms with E-state index < -0.39 is 12.0 Å². The molecule has 0 N–H and O–H groups in total. The van der Waals surface area contributed by atoms with E-state index in [0.29, 0.717) is 45.1 Å². The number of aromatic nitrogens is 1. The maximum atomic E-state index is 13.8. The molecule has 0 radical (unpaired) electrons. The van der Waals surface area contributed by atoms with Crippen molar-refractivity contribution in [3.63, 3.8) is 0 Å². The molecule has 194 valence electrons. The van der Waals surface area contributed by atoms with Gasteiger partial charge in [-0.1, -0.05) is 48.6 Å². The first kappa shape index (κ1) is 27.1. The highest BCUT2D eigenvalue weighted by atomic mass is 127.